The highest BCUT2D eigenvalue weighted by Gasteiger charge is 2.39. The van der Waals surface area contributed by atoms with E-state index in [0.29, 0.717) is 42.3 Å². The van der Waals surface area contributed by atoms with Crippen LogP contribution in [0, 0.1) is 17.8 Å². The van der Waals surface area contributed by atoms with E-state index >= 15 is 0 Å². The number of Topliss-reactive ketones (excluding diaryl/α,β-unsaturated/α-hetero) is 2. The third-order valence-electron chi connectivity index (χ3n) is 13.8. The Morgan fingerprint density at radius 3 is 1.59 bits per heavy atom. The van der Waals surface area contributed by atoms with E-state index in [-0.39, 0.29) is 47.0 Å². The van der Waals surface area contributed by atoms with Crippen LogP contribution < -0.4 is 0 Å². The molecule has 80 heavy (non-hydrogen) atoms. The fraction of sp³-hybridized carbons (Fsp3) is 0.500. The molecule has 6 aromatic rings. The SMILES string of the molecule is CC(=O)CC(C)C.CC(C)=NOC(C)C.CC(C)C1Cc2ccccc2-c2c(nnn2C)-c2ccccc21.CC1Cc2ccccc2-c2c(nnn2C(C)C)-c2ccccc21.CCC(=O)C(C)C.CSC1CC(=O)N(C(C)C)C1=O. The number of fused-ring (bicyclic) bond motifs is 10. The molecule has 9 rings (SSSR count). The summed E-state index contributed by atoms with van der Waals surface area (Å²) in [6, 6.07) is 34.9. The van der Waals surface area contributed by atoms with Gasteiger partial charge in [-0.15, -0.1) is 10.2 Å². The molecule has 0 N–H and O–H groups in total. The number of imide groups is 1. The van der Waals surface area contributed by atoms with Gasteiger partial charge in [0.15, 0.2) is 0 Å². The number of amides is 2. The summed E-state index contributed by atoms with van der Waals surface area (Å²) in [6.45, 7) is 34.1. The number of aryl methyl sites for hydroxylation is 1. The zero-order chi connectivity index (χ0) is 59.5. The molecule has 1 aliphatic heterocycles. The first-order chi connectivity index (χ1) is 37.8. The van der Waals surface area contributed by atoms with Gasteiger partial charge in [-0.1, -0.05) is 168 Å². The fourth-order valence-corrected chi connectivity index (χ4v) is 10.5. The van der Waals surface area contributed by atoms with Crippen molar-refractivity contribution >= 4 is 40.9 Å². The molecular weight excluding hydrogens is 1020 g/mol. The van der Waals surface area contributed by atoms with Crippen molar-refractivity contribution in [1.82, 2.24) is 34.9 Å². The number of hydrogen-bond donors (Lipinski definition) is 0. The van der Waals surface area contributed by atoms with Gasteiger partial charge in [-0.3, -0.25) is 19.3 Å². The van der Waals surface area contributed by atoms with Crippen molar-refractivity contribution in [3.05, 3.63) is 119 Å². The van der Waals surface area contributed by atoms with Crippen molar-refractivity contribution in [3.63, 3.8) is 0 Å². The molecule has 3 atom stereocenters. The van der Waals surface area contributed by atoms with Gasteiger partial charge in [0, 0.05) is 66.6 Å². The number of benzene rings is 4. The van der Waals surface area contributed by atoms with Gasteiger partial charge in [-0.05, 0) is 127 Å². The van der Waals surface area contributed by atoms with Crippen LogP contribution >= 0.6 is 11.8 Å². The monoisotopic (exact) mass is 1110 g/mol. The minimum atomic E-state index is -0.139. The molecule has 2 amide bonds. The molecule has 4 aromatic carbocycles. The van der Waals surface area contributed by atoms with Crippen LogP contribution in [0.5, 0.6) is 0 Å². The summed E-state index contributed by atoms with van der Waals surface area (Å²) in [7, 11) is 1.98. The van der Waals surface area contributed by atoms with Crippen molar-refractivity contribution in [2.45, 2.75) is 185 Å². The Morgan fingerprint density at radius 2 is 1.16 bits per heavy atom. The smallest absolute Gasteiger partial charge is 0.243 e. The van der Waals surface area contributed by atoms with Crippen molar-refractivity contribution < 1.29 is 24.0 Å². The Morgan fingerprint density at radius 1 is 0.662 bits per heavy atom. The van der Waals surface area contributed by atoms with Crippen molar-refractivity contribution in [2.75, 3.05) is 6.26 Å². The maximum Gasteiger partial charge on any atom is 0.243 e. The molecule has 2 aliphatic carbocycles. The van der Waals surface area contributed by atoms with E-state index in [1.54, 1.807) is 6.92 Å². The van der Waals surface area contributed by atoms with E-state index in [9.17, 15) is 19.2 Å². The number of carbonyl (C=O) groups excluding carboxylic acids is 4. The highest BCUT2D eigenvalue weighted by atomic mass is 32.2. The maximum absolute atomic E-state index is 11.5. The summed E-state index contributed by atoms with van der Waals surface area (Å²) in [6.07, 6.45) is 5.92. The summed E-state index contributed by atoms with van der Waals surface area (Å²) in [5.74, 6) is 2.85. The summed E-state index contributed by atoms with van der Waals surface area (Å²) in [5, 5.41) is 21.5. The number of nitrogens with zero attached hydrogens (tertiary/aromatic N) is 8. The molecule has 3 aliphatic rings. The van der Waals surface area contributed by atoms with Crippen LogP contribution in [0.3, 0.4) is 0 Å². The van der Waals surface area contributed by atoms with Gasteiger partial charge in [-0.2, -0.15) is 11.8 Å². The van der Waals surface area contributed by atoms with Crippen molar-refractivity contribution in [2.24, 2.45) is 30.0 Å². The molecule has 3 unspecified atom stereocenters. The van der Waals surface area contributed by atoms with Gasteiger partial charge >= 0.3 is 0 Å². The van der Waals surface area contributed by atoms with E-state index in [4.69, 9.17) is 4.84 Å². The molecule has 2 aromatic heterocycles. The minimum Gasteiger partial charge on any atom is -0.393 e. The number of hydrogen-bond acceptors (Lipinski definition) is 11. The second-order valence-electron chi connectivity index (χ2n) is 23.0. The van der Waals surface area contributed by atoms with Crippen LogP contribution in [0.1, 0.15) is 177 Å². The van der Waals surface area contributed by atoms with Crippen LogP contribution in [0.15, 0.2) is 102 Å². The highest BCUT2D eigenvalue weighted by Crippen LogP contribution is 2.44. The van der Waals surface area contributed by atoms with Gasteiger partial charge in [0.2, 0.25) is 11.8 Å². The molecule has 0 bridgehead atoms. The molecule has 0 saturated carbocycles. The van der Waals surface area contributed by atoms with Crippen molar-refractivity contribution in [1.29, 1.82) is 0 Å². The molecule has 1 fully saturated rings. The summed E-state index contributed by atoms with van der Waals surface area (Å²) >= 11 is 1.45. The minimum absolute atomic E-state index is 0.00199. The number of thioether (sulfide) groups is 1. The molecule has 3 heterocycles. The molecule has 0 spiro atoms. The average molecular weight is 1110 g/mol. The normalized spacial score (nSPS) is 15.6. The van der Waals surface area contributed by atoms with Crippen LogP contribution in [0.2, 0.25) is 0 Å². The van der Waals surface area contributed by atoms with E-state index in [0.717, 1.165) is 47.7 Å². The van der Waals surface area contributed by atoms with Gasteiger partial charge in [0.1, 0.15) is 29.1 Å². The Labute approximate surface area is 483 Å². The highest BCUT2D eigenvalue weighted by molar-refractivity contribution is 8.00. The standard InChI is InChI=1S/2C20H21N3.C8H13NO2S.C6H13NO.2C6H12O/c1-13(2)23-20-17-10-5-4-8-15(17)12-14(3)16-9-6-7-11-18(16)19(20)21-22-23;1-13(2)18-12-14-8-4-5-9-15(14)20-19(21-22-23(20)3)17-11-7-6-10-16(17)18;1-5(2)9-7(10)4-6(12-3)8(9)11;1-5(2)7-8-6(3)4;1-5(2)4-6(3)7;1-4-6(7)5(2)3/h4-11,13-14H,12H2,1-3H3;4-11,13,18H,12H2,1-3H3;5-6H,4H2,1-3H3;6H,1-4H3;2*5H,4H2,1-3H3. The fourth-order valence-electron chi connectivity index (χ4n) is 9.89. The zero-order valence-corrected chi connectivity index (χ0v) is 52.3. The molecule has 14 heteroatoms. The average Bonchev–Trinajstić information content (AvgIpc) is 4.10. The number of carbonyl (C=O) groups is 4. The van der Waals surface area contributed by atoms with Crippen LogP contribution in [0.4, 0.5) is 0 Å². The number of aromatic nitrogens is 6. The summed E-state index contributed by atoms with van der Waals surface area (Å²) in [5.41, 5.74) is 15.7. The first-order valence-corrected chi connectivity index (χ1v) is 29.9. The third kappa shape index (κ3) is 18.0. The predicted molar refractivity (Wildman–Crippen MR) is 331 cm³/mol. The molecule has 1 saturated heterocycles. The second kappa shape index (κ2) is 31.5. The van der Waals surface area contributed by atoms with Crippen molar-refractivity contribution in [3.8, 4) is 45.0 Å². The van der Waals surface area contributed by atoms with Crippen LogP contribution in [0.25, 0.3) is 45.0 Å². The van der Waals surface area contributed by atoms with Gasteiger partial charge in [0.25, 0.3) is 0 Å². The van der Waals surface area contributed by atoms with Gasteiger partial charge in [-0.25, -0.2) is 9.36 Å². The number of ketones is 2. The van der Waals surface area contributed by atoms with E-state index in [2.05, 4.69) is 162 Å². The lowest BCUT2D eigenvalue weighted by Gasteiger charge is -2.27. The quantitative estimate of drug-likeness (QED) is 0.0735. The third-order valence-corrected chi connectivity index (χ3v) is 14.7. The zero-order valence-electron chi connectivity index (χ0n) is 51.5. The lowest BCUT2D eigenvalue weighted by molar-refractivity contribution is -0.140. The number of rotatable bonds is 10. The van der Waals surface area contributed by atoms with Crippen LogP contribution in [-0.4, -0.2) is 87.6 Å². The Balaban J connectivity index is 0.000000224. The molecule has 0 radical (unpaired) electrons. The molecule has 13 nitrogen and oxygen atoms in total. The Hall–Kier alpha value is -6.54. The lowest BCUT2D eigenvalue weighted by Crippen LogP contribution is -2.37. The molecular formula is C66H92N8O5S. The topological polar surface area (TPSA) is 155 Å². The van der Waals surface area contributed by atoms with E-state index in [1.807, 2.05) is 94.1 Å². The predicted octanol–water partition coefficient (Wildman–Crippen LogP) is 15.2. The summed E-state index contributed by atoms with van der Waals surface area (Å²) in [4.78, 5) is 49.8. The molecule has 432 valence electrons. The van der Waals surface area contributed by atoms with Gasteiger partial charge in [0.05, 0.1) is 22.3 Å². The first-order valence-electron chi connectivity index (χ1n) is 28.6. The summed E-state index contributed by atoms with van der Waals surface area (Å²) < 4.78 is 3.96. The Bertz CT molecular complexity index is 3000. The second-order valence-corrected chi connectivity index (χ2v) is 24.0. The number of likely N-dealkylation sites (tertiary alicyclic amines) is 1. The Kier molecular flexibility index (Phi) is 25.9. The van der Waals surface area contributed by atoms with Gasteiger partial charge < -0.3 is 9.63 Å². The van der Waals surface area contributed by atoms with E-state index in [1.165, 1.54) is 61.2 Å². The largest absolute Gasteiger partial charge is 0.393 e. The number of oxime groups is 1. The van der Waals surface area contributed by atoms with Crippen LogP contribution in [-0.2, 0) is 43.9 Å². The lowest BCUT2D eigenvalue weighted by atomic mass is 9.77. The maximum atomic E-state index is 11.5. The van der Waals surface area contributed by atoms with E-state index < -0.39 is 0 Å². The first kappa shape index (κ1) is 66.0.